The van der Waals surface area contributed by atoms with Gasteiger partial charge in [-0.3, -0.25) is 0 Å². The van der Waals surface area contributed by atoms with Crippen molar-refractivity contribution in [3.05, 3.63) is 42.1 Å². The van der Waals surface area contributed by atoms with Crippen LogP contribution in [0.2, 0.25) is 0 Å². The maximum atomic E-state index is 4.89. The second kappa shape index (κ2) is 7.44. The van der Waals surface area contributed by atoms with Crippen molar-refractivity contribution in [1.29, 1.82) is 0 Å². The molecule has 1 fully saturated rings. The molecule has 3 rings (SSSR count). The molecule has 2 heterocycles. The second-order valence-corrected chi connectivity index (χ2v) is 6.15. The molecule has 0 atom stereocenters. The summed E-state index contributed by atoms with van der Waals surface area (Å²) in [6, 6.07) is 12.5. The topological polar surface area (TPSA) is 32.3 Å². The first kappa shape index (κ1) is 15.8. The molecule has 0 saturated carbocycles. The number of hydrogen-bond acceptors (Lipinski definition) is 4. The molecule has 122 valence electrons. The zero-order valence-corrected chi connectivity index (χ0v) is 14.2. The summed E-state index contributed by atoms with van der Waals surface area (Å²) in [5.74, 6) is 1.88. The maximum Gasteiger partial charge on any atom is 0.232 e. The van der Waals surface area contributed by atoms with Gasteiger partial charge in [-0.05, 0) is 38.8 Å². The van der Waals surface area contributed by atoms with Crippen LogP contribution in [0.1, 0.15) is 38.3 Å². The third-order valence-electron chi connectivity index (χ3n) is 4.38. The number of aromatic nitrogens is 2. The number of anilines is 3. The minimum atomic E-state index is 0.804. The monoisotopic (exact) mass is 310 g/mol. The summed E-state index contributed by atoms with van der Waals surface area (Å²) in [6.07, 6.45) is 5.18. The first-order valence-corrected chi connectivity index (χ1v) is 8.71. The van der Waals surface area contributed by atoms with Crippen molar-refractivity contribution in [2.75, 3.05) is 29.4 Å². The Morgan fingerprint density at radius 2 is 1.70 bits per heavy atom. The highest BCUT2D eigenvalue weighted by Crippen LogP contribution is 2.25. The lowest BCUT2D eigenvalue weighted by Gasteiger charge is -2.25. The molecule has 0 radical (unpaired) electrons. The lowest BCUT2D eigenvalue weighted by Crippen LogP contribution is -2.27. The van der Waals surface area contributed by atoms with Gasteiger partial charge in [-0.15, -0.1) is 0 Å². The summed E-state index contributed by atoms with van der Waals surface area (Å²) in [5, 5.41) is 0. The molecule has 23 heavy (non-hydrogen) atoms. The van der Waals surface area contributed by atoms with Crippen LogP contribution >= 0.6 is 0 Å². The average molecular weight is 310 g/mol. The van der Waals surface area contributed by atoms with E-state index >= 15 is 0 Å². The Balaban J connectivity index is 1.92. The highest BCUT2D eigenvalue weighted by Gasteiger charge is 2.16. The van der Waals surface area contributed by atoms with E-state index in [9.17, 15) is 0 Å². The molecular weight excluding hydrogens is 284 g/mol. The van der Waals surface area contributed by atoms with Crippen LogP contribution in [-0.2, 0) is 0 Å². The van der Waals surface area contributed by atoms with Gasteiger partial charge in [0.1, 0.15) is 5.82 Å². The molecule has 2 aromatic rings. The van der Waals surface area contributed by atoms with E-state index in [4.69, 9.17) is 4.98 Å². The molecule has 0 aliphatic carbocycles. The summed E-state index contributed by atoms with van der Waals surface area (Å²) >= 11 is 0. The fraction of sp³-hybridized carbons (Fsp3) is 0.474. The Morgan fingerprint density at radius 3 is 2.35 bits per heavy atom. The summed E-state index contributed by atoms with van der Waals surface area (Å²) in [5.41, 5.74) is 2.17. The normalized spacial score (nSPS) is 15.3. The number of rotatable bonds is 4. The van der Waals surface area contributed by atoms with E-state index in [2.05, 4.69) is 59.0 Å². The molecule has 1 saturated heterocycles. The van der Waals surface area contributed by atoms with E-state index in [1.165, 1.54) is 25.7 Å². The van der Waals surface area contributed by atoms with Crippen LogP contribution in [0, 0.1) is 6.92 Å². The van der Waals surface area contributed by atoms with Crippen LogP contribution < -0.4 is 9.80 Å². The minimum absolute atomic E-state index is 0.804. The fourth-order valence-electron chi connectivity index (χ4n) is 3.17. The summed E-state index contributed by atoms with van der Waals surface area (Å²) in [6.45, 7) is 7.27. The third-order valence-corrected chi connectivity index (χ3v) is 4.38. The van der Waals surface area contributed by atoms with Crippen molar-refractivity contribution in [3.63, 3.8) is 0 Å². The molecule has 1 aliphatic heterocycles. The molecule has 0 bridgehead atoms. The Morgan fingerprint density at radius 1 is 1.00 bits per heavy atom. The second-order valence-electron chi connectivity index (χ2n) is 6.15. The van der Waals surface area contributed by atoms with Gasteiger partial charge in [0, 0.05) is 37.1 Å². The summed E-state index contributed by atoms with van der Waals surface area (Å²) in [4.78, 5) is 14.2. The zero-order valence-electron chi connectivity index (χ0n) is 14.2. The van der Waals surface area contributed by atoms with Crippen LogP contribution in [0.25, 0.3) is 0 Å². The van der Waals surface area contributed by atoms with Crippen molar-refractivity contribution in [3.8, 4) is 0 Å². The van der Waals surface area contributed by atoms with Gasteiger partial charge < -0.3 is 9.80 Å². The van der Waals surface area contributed by atoms with E-state index in [1.807, 2.05) is 6.07 Å². The first-order valence-electron chi connectivity index (χ1n) is 8.71. The summed E-state index contributed by atoms with van der Waals surface area (Å²) in [7, 11) is 0. The quantitative estimate of drug-likeness (QED) is 0.841. The van der Waals surface area contributed by atoms with Crippen LogP contribution in [0.3, 0.4) is 0 Å². The lowest BCUT2D eigenvalue weighted by atomic mass is 10.2. The van der Waals surface area contributed by atoms with E-state index < -0.39 is 0 Å². The molecule has 0 N–H and O–H groups in total. The molecule has 0 unspecified atom stereocenters. The largest absolute Gasteiger partial charge is 0.356 e. The van der Waals surface area contributed by atoms with Gasteiger partial charge in [0.25, 0.3) is 0 Å². The Labute approximate surface area is 139 Å². The van der Waals surface area contributed by atoms with Gasteiger partial charge in [-0.2, -0.15) is 4.98 Å². The molecule has 0 spiro atoms. The van der Waals surface area contributed by atoms with E-state index in [0.717, 1.165) is 42.8 Å². The van der Waals surface area contributed by atoms with Gasteiger partial charge in [0.15, 0.2) is 0 Å². The van der Waals surface area contributed by atoms with Crippen LogP contribution in [0.5, 0.6) is 0 Å². The Kier molecular flexibility index (Phi) is 5.11. The SMILES string of the molecule is CCN(c1ccccc1)c1nc(C)cc(N2CCCCCC2)n1. The van der Waals surface area contributed by atoms with Crippen molar-refractivity contribution in [2.24, 2.45) is 0 Å². The van der Waals surface area contributed by atoms with Crippen LogP contribution in [-0.4, -0.2) is 29.6 Å². The molecule has 1 aromatic heterocycles. The lowest BCUT2D eigenvalue weighted by molar-refractivity contribution is 0.726. The van der Waals surface area contributed by atoms with Crippen molar-refractivity contribution in [1.82, 2.24) is 9.97 Å². The van der Waals surface area contributed by atoms with E-state index in [-0.39, 0.29) is 0 Å². The fourth-order valence-corrected chi connectivity index (χ4v) is 3.17. The number of nitrogens with zero attached hydrogens (tertiary/aromatic N) is 4. The minimum Gasteiger partial charge on any atom is -0.356 e. The smallest absolute Gasteiger partial charge is 0.232 e. The van der Waals surface area contributed by atoms with Gasteiger partial charge >= 0.3 is 0 Å². The van der Waals surface area contributed by atoms with Gasteiger partial charge in [0.05, 0.1) is 0 Å². The molecular formula is C19H26N4. The van der Waals surface area contributed by atoms with E-state index in [1.54, 1.807) is 0 Å². The standard InChI is InChI=1S/C19H26N4/c1-3-23(17-11-7-6-8-12-17)19-20-16(2)15-18(21-19)22-13-9-4-5-10-14-22/h6-8,11-12,15H,3-5,9-10,13-14H2,1-2H3. The Bertz CT molecular complexity index is 619. The molecule has 0 amide bonds. The summed E-state index contributed by atoms with van der Waals surface area (Å²) < 4.78 is 0. The molecule has 4 heteroatoms. The number of benzene rings is 1. The van der Waals surface area contributed by atoms with Crippen LogP contribution in [0.15, 0.2) is 36.4 Å². The van der Waals surface area contributed by atoms with E-state index in [0.29, 0.717) is 0 Å². The predicted octanol–water partition coefficient (Wildman–Crippen LogP) is 4.32. The third kappa shape index (κ3) is 3.81. The van der Waals surface area contributed by atoms with Crippen molar-refractivity contribution < 1.29 is 0 Å². The van der Waals surface area contributed by atoms with Gasteiger partial charge in [-0.1, -0.05) is 31.0 Å². The van der Waals surface area contributed by atoms with Crippen molar-refractivity contribution >= 4 is 17.5 Å². The molecule has 1 aliphatic rings. The van der Waals surface area contributed by atoms with Crippen LogP contribution in [0.4, 0.5) is 17.5 Å². The molecule has 4 nitrogen and oxygen atoms in total. The number of para-hydroxylation sites is 1. The maximum absolute atomic E-state index is 4.89. The average Bonchev–Trinajstić information content (AvgIpc) is 2.85. The van der Waals surface area contributed by atoms with Gasteiger partial charge in [0.2, 0.25) is 5.95 Å². The first-order chi connectivity index (χ1) is 11.3. The highest BCUT2D eigenvalue weighted by molar-refractivity contribution is 5.59. The number of hydrogen-bond donors (Lipinski definition) is 0. The predicted molar refractivity (Wildman–Crippen MR) is 96.6 cm³/mol. The Hall–Kier alpha value is -2.10. The van der Waals surface area contributed by atoms with Crippen molar-refractivity contribution in [2.45, 2.75) is 39.5 Å². The highest BCUT2D eigenvalue weighted by atomic mass is 15.3. The molecule has 1 aromatic carbocycles. The van der Waals surface area contributed by atoms with Gasteiger partial charge in [-0.25, -0.2) is 4.98 Å². The zero-order chi connectivity index (χ0) is 16.1. The number of aryl methyl sites for hydroxylation is 1.